The molecule has 0 aromatic heterocycles. The van der Waals surface area contributed by atoms with Crippen LogP contribution < -0.4 is 0 Å². The molecule has 4 nitrogen and oxygen atoms in total. The number of allylic oxidation sites excluding steroid dienone is 2. The van der Waals surface area contributed by atoms with Gasteiger partial charge in [0.25, 0.3) is 0 Å². The fourth-order valence-corrected chi connectivity index (χ4v) is 2.70. The second-order valence-corrected chi connectivity index (χ2v) is 7.46. The zero-order chi connectivity index (χ0) is 18.1. The Bertz CT molecular complexity index is 536. The molecule has 0 bridgehead atoms. The van der Waals surface area contributed by atoms with Gasteiger partial charge in [-0.1, -0.05) is 32.6 Å². The third kappa shape index (κ3) is 4.87. The van der Waals surface area contributed by atoms with Gasteiger partial charge < -0.3 is 14.6 Å². The highest BCUT2D eigenvalue weighted by molar-refractivity contribution is 6.00. The van der Waals surface area contributed by atoms with Gasteiger partial charge in [-0.05, 0) is 56.8 Å². The Kier molecular flexibility index (Phi) is 5.79. The Labute approximate surface area is 139 Å². The van der Waals surface area contributed by atoms with E-state index in [-0.39, 0.29) is 11.2 Å². The number of Topliss-reactive ketones (excluding diaryl/α,β-unsaturated/α-hetero) is 1. The van der Waals surface area contributed by atoms with Crippen LogP contribution in [-0.2, 0) is 14.3 Å². The molecule has 1 aliphatic carbocycles. The van der Waals surface area contributed by atoms with Crippen LogP contribution in [0.5, 0.6) is 0 Å². The Balaban J connectivity index is 3.17. The lowest BCUT2D eigenvalue weighted by Gasteiger charge is -2.39. The molecule has 130 valence electrons. The van der Waals surface area contributed by atoms with Gasteiger partial charge in [-0.15, -0.1) is 0 Å². The van der Waals surface area contributed by atoms with Crippen LogP contribution >= 0.6 is 0 Å². The molecule has 0 spiro atoms. The Hall–Kier alpha value is -1.23. The zero-order valence-electron chi connectivity index (χ0n) is 15.4. The maximum atomic E-state index is 12.7. The lowest BCUT2D eigenvalue weighted by atomic mass is 9.70. The van der Waals surface area contributed by atoms with Crippen molar-refractivity contribution in [3.8, 4) is 0 Å². The normalized spacial score (nSPS) is 24.9. The maximum absolute atomic E-state index is 12.7. The van der Waals surface area contributed by atoms with Gasteiger partial charge in [0.1, 0.15) is 6.10 Å². The standard InChI is InChI=1S/C19H30O4/c1-9-19(7,21)11-10-14-13(2)16(20)15(12-17(14,3)4)23-18(5,6)22-8/h9-11,15,21H,1,12H2,2-8H3/t15-,19?/m0/s1. The van der Waals surface area contributed by atoms with Gasteiger partial charge in [0.05, 0.1) is 5.60 Å². The number of hydrogen-bond acceptors (Lipinski definition) is 4. The molecule has 4 heteroatoms. The molecule has 1 aliphatic rings. The molecule has 0 saturated heterocycles. The fraction of sp³-hybridized carbons (Fsp3) is 0.632. The van der Waals surface area contributed by atoms with Crippen molar-refractivity contribution in [1.82, 2.24) is 0 Å². The zero-order valence-corrected chi connectivity index (χ0v) is 15.4. The van der Waals surface area contributed by atoms with Crippen LogP contribution in [-0.4, -0.2) is 35.5 Å². The molecule has 0 amide bonds. The van der Waals surface area contributed by atoms with Crippen molar-refractivity contribution < 1.29 is 19.4 Å². The minimum absolute atomic E-state index is 0.0349. The molecule has 0 aromatic rings. The van der Waals surface area contributed by atoms with Crippen molar-refractivity contribution in [2.24, 2.45) is 5.41 Å². The largest absolute Gasteiger partial charge is 0.382 e. The van der Waals surface area contributed by atoms with E-state index in [1.807, 2.05) is 13.0 Å². The molecule has 23 heavy (non-hydrogen) atoms. The van der Waals surface area contributed by atoms with Crippen LogP contribution in [0.25, 0.3) is 0 Å². The molecular weight excluding hydrogens is 292 g/mol. The molecule has 2 atom stereocenters. The van der Waals surface area contributed by atoms with Crippen LogP contribution in [0.3, 0.4) is 0 Å². The van der Waals surface area contributed by atoms with Crippen molar-refractivity contribution in [2.45, 2.75) is 65.5 Å². The van der Waals surface area contributed by atoms with Crippen LogP contribution in [0.15, 0.2) is 36.0 Å². The van der Waals surface area contributed by atoms with E-state index >= 15 is 0 Å². The van der Waals surface area contributed by atoms with Crippen molar-refractivity contribution in [3.63, 3.8) is 0 Å². The smallest absolute Gasteiger partial charge is 0.187 e. The summed E-state index contributed by atoms with van der Waals surface area (Å²) in [6, 6.07) is 0. The summed E-state index contributed by atoms with van der Waals surface area (Å²) in [7, 11) is 1.56. The monoisotopic (exact) mass is 322 g/mol. The SMILES string of the molecule is C=CC(C)(O)C=CC1=C(C)C(=O)[C@@H](OC(C)(C)OC)CC1(C)C. The number of rotatable bonds is 6. The number of ether oxygens (including phenoxy) is 2. The van der Waals surface area contributed by atoms with Gasteiger partial charge in [-0.2, -0.15) is 0 Å². The van der Waals surface area contributed by atoms with Gasteiger partial charge in [-0.25, -0.2) is 0 Å². The number of methoxy groups -OCH3 is 1. The summed E-state index contributed by atoms with van der Waals surface area (Å²) in [6.45, 7) is 14.8. The van der Waals surface area contributed by atoms with Crippen molar-refractivity contribution in [3.05, 3.63) is 36.0 Å². The molecule has 0 heterocycles. The third-order valence-corrected chi connectivity index (χ3v) is 4.41. The quantitative estimate of drug-likeness (QED) is 0.600. The molecule has 1 N–H and O–H groups in total. The summed E-state index contributed by atoms with van der Waals surface area (Å²) in [4.78, 5) is 12.7. The molecule has 0 aliphatic heterocycles. The average molecular weight is 322 g/mol. The first-order chi connectivity index (χ1) is 10.4. The van der Waals surface area contributed by atoms with Gasteiger partial charge >= 0.3 is 0 Å². The van der Waals surface area contributed by atoms with E-state index in [1.165, 1.54) is 6.08 Å². The van der Waals surface area contributed by atoms with Crippen LogP contribution in [0.1, 0.15) is 48.0 Å². The van der Waals surface area contributed by atoms with Crippen LogP contribution in [0, 0.1) is 5.41 Å². The molecule has 0 saturated carbocycles. The van der Waals surface area contributed by atoms with Gasteiger partial charge in [0.2, 0.25) is 0 Å². The first-order valence-corrected chi connectivity index (χ1v) is 7.89. The Morgan fingerprint density at radius 1 is 1.35 bits per heavy atom. The first kappa shape index (κ1) is 19.8. The summed E-state index contributed by atoms with van der Waals surface area (Å²) in [6.07, 6.45) is 4.98. The summed E-state index contributed by atoms with van der Waals surface area (Å²) < 4.78 is 11.1. The van der Waals surface area contributed by atoms with Gasteiger partial charge in [0, 0.05) is 7.11 Å². The van der Waals surface area contributed by atoms with Gasteiger partial charge in [0.15, 0.2) is 11.6 Å². The predicted octanol–water partition coefficient (Wildman–Crippen LogP) is 3.56. The highest BCUT2D eigenvalue weighted by Crippen LogP contribution is 2.41. The third-order valence-electron chi connectivity index (χ3n) is 4.41. The molecule has 0 aromatic carbocycles. The van der Waals surface area contributed by atoms with Gasteiger partial charge in [-0.3, -0.25) is 4.79 Å². The second-order valence-electron chi connectivity index (χ2n) is 7.46. The highest BCUT2D eigenvalue weighted by atomic mass is 16.7. The number of aliphatic hydroxyl groups is 1. The number of hydrogen-bond donors (Lipinski definition) is 1. The van der Waals surface area contributed by atoms with E-state index in [2.05, 4.69) is 20.4 Å². The Morgan fingerprint density at radius 2 is 1.91 bits per heavy atom. The number of carbonyl (C=O) groups is 1. The first-order valence-electron chi connectivity index (χ1n) is 7.89. The molecular formula is C19H30O4. The van der Waals surface area contributed by atoms with Crippen LogP contribution in [0.4, 0.5) is 0 Å². The van der Waals surface area contributed by atoms with E-state index < -0.39 is 17.5 Å². The fourth-order valence-electron chi connectivity index (χ4n) is 2.70. The average Bonchev–Trinajstić information content (AvgIpc) is 2.43. The van der Waals surface area contributed by atoms with E-state index in [1.54, 1.807) is 34.0 Å². The Morgan fingerprint density at radius 3 is 2.39 bits per heavy atom. The van der Waals surface area contributed by atoms with E-state index in [0.717, 1.165) is 5.57 Å². The molecule has 0 fully saturated rings. The van der Waals surface area contributed by atoms with Crippen molar-refractivity contribution in [2.75, 3.05) is 7.11 Å². The number of ketones is 1. The molecule has 1 unspecified atom stereocenters. The second kappa shape index (κ2) is 6.71. The van der Waals surface area contributed by atoms with Crippen molar-refractivity contribution >= 4 is 5.78 Å². The lowest BCUT2D eigenvalue weighted by Crippen LogP contribution is -2.43. The molecule has 0 radical (unpaired) electrons. The predicted molar refractivity (Wildman–Crippen MR) is 92.0 cm³/mol. The minimum Gasteiger partial charge on any atom is -0.382 e. The van der Waals surface area contributed by atoms with E-state index in [0.29, 0.717) is 12.0 Å². The topological polar surface area (TPSA) is 55.8 Å². The summed E-state index contributed by atoms with van der Waals surface area (Å²) in [5.74, 6) is -0.844. The number of carbonyl (C=O) groups excluding carboxylic acids is 1. The van der Waals surface area contributed by atoms with Crippen molar-refractivity contribution in [1.29, 1.82) is 0 Å². The highest BCUT2D eigenvalue weighted by Gasteiger charge is 2.40. The lowest BCUT2D eigenvalue weighted by molar-refractivity contribution is -0.225. The maximum Gasteiger partial charge on any atom is 0.187 e. The summed E-state index contributed by atoms with van der Waals surface area (Å²) >= 11 is 0. The minimum atomic E-state index is -1.10. The summed E-state index contributed by atoms with van der Waals surface area (Å²) in [5.41, 5.74) is 0.229. The summed E-state index contributed by atoms with van der Waals surface area (Å²) in [5, 5.41) is 10.1. The van der Waals surface area contributed by atoms with E-state index in [9.17, 15) is 9.90 Å². The molecule has 1 rings (SSSR count). The van der Waals surface area contributed by atoms with Crippen LogP contribution in [0.2, 0.25) is 0 Å². The van der Waals surface area contributed by atoms with E-state index in [4.69, 9.17) is 9.47 Å².